The highest BCUT2D eigenvalue weighted by Crippen LogP contribution is 2.21. The van der Waals surface area contributed by atoms with Gasteiger partial charge in [-0.05, 0) is 12.1 Å². The molecule has 0 spiro atoms. The number of carboxylic acid groups (broad SMARTS) is 1. The van der Waals surface area contributed by atoms with Crippen LogP contribution in [0.1, 0.15) is 19.3 Å². The monoisotopic (exact) mass is 531 g/mol. The lowest BCUT2D eigenvalue weighted by atomic mass is 10.0. The van der Waals surface area contributed by atoms with E-state index in [9.17, 15) is 25.2 Å². The van der Waals surface area contributed by atoms with Crippen LogP contribution in [0.15, 0.2) is 42.2 Å². The molecule has 2 fully saturated rings. The number of carbonyl (C=O) groups is 1. The molecule has 210 valence electrons. The van der Waals surface area contributed by atoms with Gasteiger partial charge in [0, 0.05) is 25.5 Å². The maximum Gasteiger partial charge on any atom is 0.353 e. The highest BCUT2D eigenvalue weighted by Gasteiger charge is 2.36. The highest BCUT2D eigenvalue weighted by molar-refractivity contribution is 5.85. The van der Waals surface area contributed by atoms with E-state index in [0.717, 1.165) is 17.0 Å². The van der Waals surface area contributed by atoms with Crippen molar-refractivity contribution in [1.29, 1.82) is 0 Å². The van der Waals surface area contributed by atoms with Crippen LogP contribution in [0.3, 0.4) is 0 Å². The number of ether oxygens (including phenoxy) is 4. The van der Waals surface area contributed by atoms with Crippen molar-refractivity contribution in [3.8, 4) is 5.75 Å². The molecule has 2 saturated heterocycles. The number of nitrogens with two attached hydrogens (primary N) is 2. The lowest BCUT2D eigenvalue weighted by Crippen LogP contribution is -2.53. The average Bonchev–Trinajstić information content (AvgIpc) is 2.85. The number of carboxylic acids is 1. The van der Waals surface area contributed by atoms with Gasteiger partial charge >= 0.3 is 5.97 Å². The number of aliphatic hydroxyl groups excluding tert-OH is 5. The molecule has 2 heterocycles. The molecule has 2 aliphatic rings. The minimum atomic E-state index is -1.34. The van der Waals surface area contributed by atoms with Crippen LogP contribution >= 0.6 is 0 Å². The van der Waals surface area contributed by atoms with E-state index in [-0.39, 0.29) is 25.7 Å². The minimum absolute atomic E-state index is 0.0998. The largest absolute Gasteiger partial charge is 0.491 e. The zero-order chi connectivity index (χ0) is 27.4. The molecule has 14 heteroatoms. The molecule has 37 heavy (non-hydrogen) atoms. The number of hydrogen-bond acceptors (Lipinski definition) is 13. The van der Waals surface area contributed by atoms with Gasteiger partial charge in [0.15, 0.2) is 12.6 Å². The Labute approximate surface area is 214 Å². The number of aliphatic carboxylic acids is 1. The quantitative estimate of drug-likeness (QED) is 0.0694. The van der Waals surface area contributed by atoms with Crippen LogP contribution in [0.2, 0.25) is 0 Å². The summed E-state index contributed by atoms with van der Waals surface area (Å²) in [4.78, 5) is 10.5. The molecule has 0 aromatic heterocycles. The van der Waals surface area contributed by atoms with Gasteiger partial charge in [0.25, 0.3) is 0 Å². The van der Waals surface area contributed by atoms with Gasteiger partial charge in [0.2, 0.25) is 0 Å². The molecule has 0 amide bonds. The summed E-state index contributed by atoms with van der Waals surface area (Å²) in [5.41, 5.74) is 4.67. The summed E-state index contributed by atoms with van der Waals surface area (Å²) in [6.07, 6.45) is -4.07. The van der Waals surface area contributed by atoms with Crippen molar-refractivity contribution in [2.75, 3.05) is 26.4 Å². The summed E-state index contributed by atoms with van der Waals surface area (Å²) in [5.74, 6) is 4.91. The molecular weight excluding hydrogens is 494 g/mol. The molecule has 10 N–H and O–H groups in total. The second-order valence-corrected chi connectivity index (χ2v) is 8.54. The first-order valence-corrected chi connectivity index (χ1v) is 11.7. The Morgan fingerprint density at radius 1 is 1.08 bits per heavy atom. The van der Waals surface area contributed by atoms with Crippen LogP contribution in [0.5, 0.6) is 5.75 Å². The molecule has 1 aromatic rings. The summed E-state index contributed by atoms with van der Waals surface area (Å²) >= 11 is 0. The first-order chi connectivity index (χ1) is 17.6. The summed E-state index contributed by atoms with van der Waals surface area (Å²) in [6.45, 7) is 0.564. The van der Waals surface area contributed by atoms with Crippen molar-refractivity contribution in [1.82, 2.24) is 5.01 Å². The van der Waals surface area contributed by atoms with Gasteiger partial charge in [-0.3, -0.25) is 0 Å². The van der Waals surface area contributed by atoms with Crippen molar-refractivity contribution in [2.45, 2.75) is 62.4 Å². The van der Waals surface area contributed by atoms with Crippen molar-refractivity contribution < 1.29 is 54.4 Å². The fraction of sp³-hybridized carbons (Fsp3) is 0.609. The second-order valence-electron chi connectivity index (χ2n) is 8.54. The summed E-state index contributed by atoms with van der Waals surface area (Å²) in [6, 6.07) is 9.49. The molecule has 0 aliphatic carbocycles. The Kier molecular flexibility index (Phi) is 13.0. The third-order valence-electron chi connectivity index (χ3n) is 5.44. The average molecular weight is 532 g/mol. The van der Waals surface area contributed by atoms with Crippen molar-refractivity contribution in [3.63, 3.8) is 0 Å². The van der Waals surface area contributed by atoms with Gasteiger partial charge in [-0.1, -0.05) is 18.2 Å². The Morgan fingerprint density at radius 2 is 1.78 bits per heavy atom. The molecule has 3 rings (SSSR count). The topological polar surface area (TPSA) is 231 Å². The zero-order valence-corrected chi connectivity index (χ0v) is 20.3. The molecule has 0 unspecified atom stereocenters. The maximum absolute atomic E-state index is 10.5. The van der Waals surface area contributed by atoms with Crippen LogP contribution in [-0.2, 0) is 19.0 Å². The fourth-order valence-corrected chi connectivity index (χ4v) is 3.61. The molecule has 7 atom stereocenters. The van der Waals surface area contributed by atoms with E-state index in [2.05, 4.69) is 0 Å². The third-order valence-corrected chi connectivity index (χ3v) is 5.44. The number of rotatable bonds is 10. The Balaban J connectivity index is 0.000000261. The SMILES string of the molecule is N/C(=C\N(N)C[C@H]1O[C@@H](O)C[C@@H](O)[C@H]1O)C(=O)O.OC[C@@H]1C[C@H](O)C[C@H](OCCOc2ccccc2)O1. The number of hydrazine groups is 1. The van der Waals surface area contributed by atoms with Crippen LogP contribution in [-0.4, -0.2) is 111 Å². The van der Waals surface area contributed by atoms with Gasteiger partial charge in [0.1, 0.15) is 30.3 Å². The van der Waals surface area contributed by atoms with Gasteiger partial charge in [0.05, 0.1) is 38.1 Å². The van der Waals surface area contributed by atoms with E-state index >= 15 is 0 Å². The normalized spacial score (nSPS) is 30.1. The standard InChI is InChI=1S/C14H20O5.C9H17N3O6/c15-10-13-8-11(16)9-14(19-13)18-7-6-17-12-4-2-1-3-5-12;10-4(9(16)17)2-12(11)3-6-8(15)5(13)1-7(14)18-6/h1-5,11,13-16H,6-10H2;2,5-8,13-15H,1,3,10-11H2,(H,16,17)/b;4-2-/t11-,13-,14+;5-,6-,7-,8-/m01/s1. The van der Waals surface area contributed by atoms with Gasteiger partial charge in [-0.15, -0.1) is 0 Å². The van der Waals surface area contributed by atoms with Crippen LogP contribution in [0.25, 0.3) is 0 Å². The summed E-state index contributed by atoms with van der Waals surface area (Å²) in [7, 11) is 0. The van der Waals surface area contributed by atoms with Gasteiger partial charge < -0.3 is 60.3 Å². The number of hydrogen-bond donors (Lipinski definition) is 8. The van der Waals surface area contributed by atoms with E-state index in [1.54, 1.807) is 0 Å². The molecule has 0 saturated carbocycles. The van der Waals surface area contributed by atoms with Gasteiger partial charge in [-0.2, -0.15) is 0 Å². The van der Waals surface area contributed by atoms with Crippen LogP contribution < -0.4 is 16.3 Å². The first-order valence-electron chi connectivity index (χ1n) is 11.7. The molecular formula is C23H37N3O11. The smallest absolute Gasteiger partial charge is 0.353 e. The van der Waals surface area contributed by atoms with E-state index in [4.69, 9.17) is 40.7 Å². The number of aliphatic hydroxyl groups is 5. The lowest BCUT2D eigenvalue weighted by Gasteiger charge is -2.36. The van der Waals surface area contributed by atoms with Crippen molar-refractivity contribution >= 4 is 5.97 Å². The Morgan fingerprint density at radius 3 is 2.43 bits per heavy atom. The Bertz CT molecular complexity index is 831. The van der Waals surface area contributed by atoms with E-state index in [1.165, 1.54) is 0 Å². The first kappa shape index (κ1) is 30.7. The molecule has 14 nitrogen and oxygen atoms in total. The lowest BCUT2D eigenvalue weighted by molar-refractivity contribution is -0.234. The summed E-state index contributed by atoms with van der Waals surface area (Å²) < 4.78 is 21.4. The molecule has 2 aliphatic heterocycles. The number of nitrogens with zero attached hydrogens (tertiary/aromatic N) is 1. The minimum Gasteiger partial charge on any atom is -0.491 e. The molecule has 0 bridgehead atoms. The predicted octanol–water partition coefficient (Wildman–Crippen LogP) is -2.18. The van der Waals surface area contributed by atoms with Gasteiger partial charge in [-0.25, -0.2) is 10.6 Å². The molecule has 0 radical (unpaired) electrons. The zero-order valence-electron chi connectivity index (χ0n) is 20.3. The second kappa shape index (κ2) is 15.7. The van der Waals surface area contributed by atoms with E-state index in [0.29, 0.717) is 26.1 Å². The summed E-state index contributed by atoms with van der Waals surface area (Å²) in [5, 5.41) is 56.4. The predicted molar refractivity (Wildman–Crippen MR) is 127 cm³/mol. The van der Waals surface area contributed by atoms with E-state index < -0.39 is 48.7 Å². The fourth-order valence-electron chi connectivity index (χ4n) is 3.61. The molecule has 1 aromatic carbocycles. The van der Waals surface area contributed by atoms with Crippen molar-refractivity contribution in [2.24, 2.45) is 11.6 Å². The maximum atomic E-state index is 10.5. The van der Waals surface area contributed by atoms with Crippen LogP contribution in [0, 0.1) is 0 Å². The third kappa shape index (κ3) is 11.2. The highest BCUT2D eigenvalue weighted by atomic mass is 16.7. The number of para-hydroxylation sites is 1. The Hall–Kier alpha value is -2.53. The van der Waals surface area contributed by atoms with Crippen LogP contribution in [0.4, 0.5) is 0 Å². The number of benzene rings is 1. The van der Waals surface area contributed by atoms with E-state index in [1.807, 2.05) is 30.3 Å². The van der Waals surface area contributed by atoms with Crippen molar-refractivity contribution in [3.05, 3.63) is 42.2 Å².